The standard InChI is InChI=1S/C25H24N2O4/c1-16(19-8-5-9-20(15-19)23(28)18-6-3-2-4-7-18)24(29)27-21-12-10-17(11-13-21)14-22(26)25(30)31/h2-13,15-16,22H,14,26H2,1H3,(H,27,29)(H,30,31)/t16?,22-/m0/s1. The molecule has 0 aliphatic heterocycles. The van der Waals surface area contributed by atoms with E-state index in [9.17, 15) is 14.4 Å². The number of carbonyl (C=O) groups excluding carboxylic acids is 2. The minimum atomic E-state index is -1.06. The monoisotopic (exact) mass is 416 g/mol. The summed E-state index contributed by atoms with van der Waals surface area (Å²) in [6.07, 6.45) is 0.211. The van der Waals surface area contributed by atoms with Crippen LogP contribution in [0.1, 0.15) is 39.9 Å². The lowest BCUT2D eigenvalue weighted by atomic mass is 9.95. The van der Waals surface area contributed by atoms with Gasteiger partial charge in [-0.1, -0.05) is 60.7 Å². The van der Waals surface area contributed by atoms with E-state index in [0.717, 1.165) is 11.1 Å². The van der Waals surface area contributed by atoms with E-state index in [1.54, 1.807) is 61.5 Å². The SMILES string of the molecule is CC(C(=O)Nc1ccc(C[C@H](N)C(=O)O)cc1)c1cccc(C(=O)c2ccccc2)c1. The van der Waals surface area contributed by atoms with Gasteiger partial charge in [0.2, 0.25) is 5.91 Å². The Morgan fingerprint density at radius 2 is 1.55 bits per heavy atom. The first-order valence-corrected chi connectivity index (χ1v) is 9.93. The van der Waals surface area contributed by atoms with Crippen molar-refractivity contribution in [2.75, 3.05) is 5.32 Å². The zero-order valence-electron chi connectivity index (χ0n) is 17.1. The Morgan fingerprint density at radius 3 is 2.19 bits per heavy atom. The fraction of sp³-hybridized carbons (Fsp3) is 0.160. The molecule has 6 nitrogen and oxygen atoms in total. The molecule has 0 spiro atoms. The van der Waals surface area contributed by atoms with Gasteiger partial charge in [0, 0.05) is 16.8 Å². The average molecular weight is 416 g/mol. The number of carbonyl (C=O) groups is 3. The third-order valence-electron chi connectivity index (χ3n) is 5.07. The number of rotatable bonds is 8. The average Bonchev–Trinajstić information content (AvgIpc) is 2.79. The van der Waals surface area contributed by atoms with E-state index in [0.29, 0.717) is 16.8 Å². The maximum Gasteiger partial charge on any atom is 0.320 e. The van der Waals surface area contributed by atoms with Gasteiger partial charge in [-0.3, -0.25) is 14.4 Å². The third-order valence-corrected chi connectivity index (χ3v) is 5.07. The summed E-state index contributed by atoms with van der Waals surface area (Å²) in [7, 11) is 0. The first kappa shape index (κ1) is 21.9. The van der Waals surface area contributed by atoms with Crippen LogP contribution in [0.25, 0.3) is 0 Å². The second-order valence-corrected chi connectivity index (χ2v) is 7.38. The molecule has 3 rings (SSSR count). The van der Waals surface area contributed by atoms with Crippen LogP contribution in [0.3, 0.4) is 0 Å². The topological polar surface area (TPSA) is 109 Å². The van der Waals surface area contributed by atoms with Gasteiger partial charge in [0.25, 0.3) is 0 Å². The van der Waals surface area contributed by atoms with Gasteiger partial charge >= 0.3 is 5.97 Å². The van der Waals surface area contributed by atoms with Crippen molar-refractivity contribution in [1.29, 1.82) is 0 Å². The van der Waals surface area contributed by atoms with Crippen molar-refractivity contribution < 1.29 is 19.5 Å². The van der Waals surface area contributed by atoms with Crippen LogP contribution in [-0.2, 0) is 16.0 Å². The van der Waals surface area contributed by atoms with Crippen LogP contribution in [0.5, 0.6) is 0 Å². The molecule has 0 aliphatic rings. The molecular weight excluding hydrogens is 392 g/mol. The van der Waals surface area contributed by atoms with Crippen LogP contribution in [0.2, 0.25) is 0 Å². The highest BCUT2D eigenvalue weighted by molar-refractivity contribution is 6.09. The molecule has 0 fully saturated rings. The number of hydrogen-bond acceptors (Lipinski definition) is 4. The highest BCUT2D eigenvalue weighted by atomic mass is 16.4. The molecule has 3 aromatic carbocycles. The molecule has 0 saturated heterocycles. The van der Waals surface area contributed by atoms with Crippen molar-refractivity contribution in [1.82, 2.24) is 0 Å². The van der Waals surface area contributed by atoms with Crippen LogP contribution in [0.4, 0.5) is 5.69 Å². The van der Waals surface area contributed by atoms with E-state index in [1.807, 2.05) is 24.3 Å². The van der Waals surface area contributed by atoms with Crippen LogP contribution >= 0.6 is 0 Å². The second-order valence-electron chi connectivity index (χ2n) is 7.38. The number of nitrogens with two attached hydrogens (primary N) is 1. The summed E-state index contributed by atoms with van der Waals surface area (Å²) in [6, 6.07) is 22.0. The Kier molecular flexibility index (Phi) is 6.95. The summed E-state index contributed by atoms with van der Waals surface area (Å²) >= 11 is 0. The molecule has 0 aromatic heterocycles. The van der Waals surface area contributed by atoms with Crippen molar-refractivity contribution in [3.05, 3.63) is 101 Å². The maximum atomic E-state index is 12.7. The third kappa shape index (κ3) is 5.65. The van der Waals surface area contributed by atoms with E-state index in [1.165, 1.54) is 0 Å². The van der Waals surface area contributed by atoms with Gasteiger partial charge in [-0.2, -0.15) is 0 Å². The van der Waals surface area contributed by atoms with Crippen LogP contribution in [0.15, 0.2) is 78.9 Å². The molecule has 158 valence electrons. The van der Waals surface area contributed by atoms with E-state index in [2.05, 4.69) is 5.32 Å². The van der Waals surface area contributed by atoms with Gasteiger partial charge in [0.1, 0.15) is 6.04 Å². The van der Waals surface area contributed by atoms with Gasteiger partial charge in [-0.05, 0) is 42.7 Å². The molecule has 0 bridgehead atoms. The summed E-state index contributed by atoms with van der Waals surface area (Å²) in [5.41, 5.74) is 8.78. The molecular formula is C25H24N2O4. The minimum absolute atomic E-state index is 0.0924. The lowest BCUT2D eigenvalue weighted by molar-refractivity contribution is -0.138. The molecule has 3 aromatic rings. The van der Waals surface area contributed by atoms with Crippen molar-refractivity contribution in [2.24, 2.45) is 5.73 Å². The predicted molar refractivity (Wildman–Crippen MR) is 119 cm³/mol. The van der Waals surface area contributed by atoms with Crippen LogP contribution < -0.4 is 11.1 Å². The van der Waals surface area contributed by atoms with E-state index in [-0.39, 0.29) is 18.1 Å². The molecule has 0 aliphatic carbocycles. The number of carboxylic acid groups (broad SMARTS) is 1. The van der Waals surface area contributed by atoms with Crippen LogP contribution in [0, 0.1) is 0 Å². The summed E-state index contributed by atoms with van der Waals surface area (Å²) in [5.74, 6) is -1.83. The number of ketones is 1. The quantitative estimate of drug-likeness (QED) is 0.486. The predicted octanol–water partition coefficient (Wildman–Crippen LogP) is 3.61. The second kappa shape index (κ2) is 9.82. The Morgan fingerprint density at radius 1 is 0.903 bits per heavy atom. The molecule has 0 saturated carbocycles. The molecule has 1 amide bonds. The van der Waals surface area contributed by atoms with Gasteiger partial charge in [-0.15, -0.1) is 0 Å². The van der Waals surface area contributed by atoms with Crippen molar-refractivity contribution in [3.63, 3.8) is 0 Å². The highest BCUT2D eigenvalue weighted by Crippen LogP contribution is 2.21. The molecule has 0 radical (unpaired) electrons. The molecule has 1 unspecified atom stereocenters. The number of aliphatic carboxylic acids is 1. The van der Waals surface area contributed by atoms with E-state index in [4.69, 9.17) is 10.8 Å². The first-order chi connectivity index (χ1) is 14.8. The van der Waals surface area contributed by atoms with Crippen LogP contribution in [-0.4, -0.2) is 28.8 Å². The molecule has 0 heterocycles. The Hall–Kier alpha value is -3.77. The number of carboxylic acids is 1. The Labute approximate surface area is 180 Å². The summed E-state index contributed by atoms with van der Waals surface area (Å²) in [6.45, 7) is 1.78. The minimum Gasteiger partial charge on any atom is -0.480 e. The molecule has 4 N–H and O–H groups in total. The number of anilines is 1. The highest BCUT2D eigenvalue weighted by Gasteiger charge is 2.18. The van der Waals surface area contributed by atoms with Gasteiger partial charge < -0.3 is 16.2 Å². The fourth-order valence-corrected chi connectivity index (χ4v) is 3.17. The molecule has 31 heavy (non-hydrogen) atoms. The molecule has 2 atom stereocenters. The lowest BCUT2D eigenvalue weighted by Crippen LogP contribution is -2.32. The number of hydrogen-bond donors (Lipinski definition) is 3. The Balaban J connectivity index is 1.67. The largest absolute Gasteiger partial charge is 0.480 e. The number of benzene rings is 3. The zero-order chi connectivity index (χ0) is 22.4. The number of amides is 1. The number of nitrogens with one attached hydrogen (secondary N) is 1. The zero-order valence-corrected chi connectivity index (χ0v) is 17.1. The lowest BCUT2D eigenvalue weighted by Gasteiger charge is -2.14. The smallest absolute Gasteiger partial charge is 0.320 e. The van der Waals surface area contributed by atoms with Gasteiger partial charge in [0.05, 0.1) is 5.92 Å². The first-order valence-electron chi connectivity index (χ1n) is 9.93. The Bertz CT molecular complexity index is 1080. The fourth-order valence-electron chi connectivity index (χ4n) is 3.17. The summed E-state index contributed by atoms with van der Waals surface area (Å²) in [5, 5.41) is 11.8. The van der Waals surface area contributed by atoms with Gasteiger partial charge in [0.15, 0.2) is 5.78 Å². The molecule has 6 heteroatoms. The van der Waals surface area contributed by atoms with E-state index >= 15 is 0 Å². The maximum absolute atomic E-state index is 12.7. The summed E-state index contributed by atoms with van der Waals surface area (Å²) in [4.78, 5) is 36.3. The van der Waals surface area contributed by atoms with Crippen molar-refractivity contribution in [2.45, 2.75) is 25.3 Å². The summed E-state index contributed by atoms with van der Waals surface area (Å²) < 4.78 is 0. The van der Waals surface area contributed by atoms with E-state index < -0.39 is 17.9 Å². The normalized spacial score (nSPS) is 12.6. The van der Waals surface area contributed by atoms with Gasteiger partial charge in [-0.25, -0.2) is 0 Å². The van der Waals surface area contributed by atoms with Crippen molar-refractivity contribution >= 4 is 23.3 Å². The van der Waals surface area contributed by atoms with Crippen molar-refractivity contribution in [3.8, 4) is 0 Å².